The lowest BCUT2D eigenvalue weighted by atomic mass is 9.77. The minimum atomic E-state index is -0.738. The van der Waals surface area contributed by atoms with E-state index in [-0.39, 0.29) is 22.0 Å². The molecule has 0 saturated heterocycles. The molecule has 0 atom stereocenters. The molecule has 0 unspecified atom stereocenters. The third-order valence-corrected chi connectivity index (χ3v) is 15.1. The largest absolute Gasteiger partial charge is 0.458 e. The van der Waals surface area contributed by atoms with E-state index in [0.717, 1.165) is 55.4 Å². The van der Waals surface area contributed by atoms with Crippen LogP contribution >= 0.6 is 0 Å². The predicted molar refractivity (Wildman–Crippen MR) is 339 cm³/mol. The van der Waals surface area contributed by atoms with E-state index in [2.05, 4.69) is 119 Å². The van der Waals surface area contributed by atoms with Gasteiger partial charge in [-0.1, -0.05) is 216 Å². The molecule has 0 amide bonds. The van der Waals surface area contributed by atoms with Gasteiger partial charge in [0.2, 0.25) is 0 Å². The number of rotatable bonds is 9. The van der Waals surface area contributed by atoms with Gasteiger partial charge in [0, 0.05) is 23.0 Å². The molecule has 3 heterocycles. The summed E-state index contributed by atoms with van der Waals surface area (Å²) >= 11 is 0. The van der Waals surface area contributed by atoms with Gasteiger partial charge in [0.15, 0.2) is 0 Å². The Morgan fingerprint density at radius 1 is 0.457 bits per heavy atom. The van der Waals surface area contributed by atoms with E-state index in [1.54, 1.807) is 0 Å². The number of nitrogens with zero attached hydrogens (tertiary/aromatic N) is 4. The lowest BCUT2D eigenvalue weighted by Crippen LogP contribution is -2.35. The molecular formula is C76H72N4O. The van der Waals surface area contributed by atoms with Crippen LogP contribution in [0.3, 0.4) is 0 Å². The van der Waals surface area contributed by atoms with E-state index in [4.69, 9.17) is 17.9 Å². The smallest absolute Gasteiger partial charge is 0.269 e. The second-order valence-electron chi connectivity index (χ2n) is 25.0. The molecule has 402 valence electrons. The van der Waals surface area contributed by atoms with Gasteiger partial charge in [-0.3, -0.25) is 13.7 Å². The van der Waals surface area contributed by atoms with Crippen LogP contribution in [-0.2, 0) is 21.7 Å². The number of pyridine rings is 1. The summed E-state index contributed by atoms with van der Waals surface area (Å²) in [4.78, 5) is 4.90. The SMILES string of the molecule is [2H]c1c([2H])c([2H])c(-c2c([2H])c(-c3cc(C(C)(C)C)cc(C(C)(C)C)c3-[n+]3[c-]n(-c4cccc(Oc5ccc6c7ccccc7n(-c7cc(C(C)(C)C)ccn7)c6c5)c4)c4cc(-c5ccc(C(C)(C)C)cc5)ccc43)c([2H])c(-c3c([2H])c([2H])c([2H])c([2H])c3[2H])c2[2H])c([2H])c1[2H]. The highest BCUT2D eigenvalue weighted by Crippen LogP contribution is 2.43. The number of benzene rings is 9. The van der Waals surface area contributed by atoms with Crippen LogP contribution < -0.4 is 9.30 Å². The van der Waals surface area contributed by atoms with Crippen LogP contribution in [-0.4, -0.2) is 14.1 Å². The van der Waals surface area contributed by atoms with Crippen LogP contribution in [0, 0.1) is 6.33 Å². The summed E-state index contributed by atoms with van der Waals surface area (Å²) in [5.41, 5.74) is 6.46. The Labute approximate surface area is 497 Å². The predicted octanol–water partition coefficient (Wildman–Crippen LogP) is 19.8. The first kappa shape index (κ1) is 39.6. The Balaban J connectivity index is 1.15. The number of para-hydroxylation sites is 1. The summed E-state index contributed by atoms with van der Waals surface area (Å²) in [6.07, 6.45) is 5.61. The average Bonchev–Trinajstić information content (AvgIpc) is 1.17. The van der Waals surface area contributed by atoms with E-state index in [0.29, 0.717) is 33.9 Å². The van der Waals surface area contributed by atoms with Crippen molar-refractivity contribution >= 4 is 32.8 Å². The van der Waals surface area contributed by atoms with E-state index >= 15 is 0 Å². The zero-order valence-electron chi connectivity index (χ0n) is 61.0. The Bertz CT molecular complexity index is 4980. The number of aromatic nitrogens is 4. The lowest BCUT2D eigenvalue weighted by molar-refractivity contribution is -0.572. The molecule has 12 aromatic rings. The van der Waals surface area contributed by atoms with Crippen molar-refractivity contribution in [1.82, 2.24) is 14.1 Å². The van der Waals surface area contributed by atoms with Crippen LogP contribution in [0.2, 0.25) is 0 Å². The standard InChI is InChI=1S/C76H72N4O/c1-73(2,3)57-33-30-52(31-34-57)53-32-37-68-70(43-53)78(60-26-21-27-61(47-60)81-62-35-36-64-63-28-19-20-29-67(63)80(69(64)48-62)71-46-58(38-39-77-71)74(4,5)6)49-79(68)72-65(44-59(75(7,8)9)45-66(72)76(10,11)12)56-41-54(50-22-15-13-16-23-50)40-55(42-56)51-24-17-14-18-25-51/h13-48H,1-12H3/i13D,14D,15D,16D,17D,18D,22D,23D,24D,25D,40D,41D,42D. The van der Waals surface area contributed by atoms with Crippen LogP contribution in [0.5, 0.6) is 11.5 Å². The monoisotopic (exact) mass is 1070 g/mol. The van der Waals surface area contributed by atoms with Crippen LogP contribution in [0.4, 0.5) is 0 Å². The third kappa shape index (κ3) is 10.3. The van der Waals surface area contributed by atoms with Gasteiger partial charge < -0.3 is 4.74 Å². The first-order chi connectivity index (χ1) is 44.1. The second-order valence-corrected chi connectivity index (χ2v) is 25.0. The molecule has 0 aliphatic heterocycles. The summed E-state index contributed by atoms with van der Waals surface area (Å²) < 4.78 is 133. The molecule has 0 N–H and O–H groups in total. The van der Waals surface area contributed by atoms with E-state index in [1.165, 1.54) is 5.56 Å². The molecule has 12 rings (SSSR count). The first-order valence-corrected chi connectivity index (χ1v) is 27.5. The maximum absolute atomic E-state index is 10.4. The van der Waals surface area contributed by atoms with Gasteiger partial charge in [0.25, 0.3) is 6.33 Å². The van der Waals surface area contributed by atoms with Crippen molar-refractivity contribution in [3.63, 3.8) is 0 Å². The molecule has 81 heavy (non-hydrogen) atoms. The minimum absolute atomic E-state index is 0.0983. The van der Waals surface area contributed by atoms with Crippen molar-refractivity contribution < 1.29 is 27.1 Å². The lowest BCUT2D eigenvalue weighted by Gasteiger charge is -2.30. The number of ether oxygens (including phenoxy) is 1. The highest BCUT2D eigenvalue weighted by molar-refractivity contribution is 6.09. The summed E-state index contributed by atoms with van der Waals surface area (Å²) in [7, 11) is 0. The van der Waals surface area contributed by atoms with Crippen molar-refractivity contribution in [2.45, 2.75) is 105 Å². The molecule has 0 spiro atoms. The topological polar surface area (TPSA) is 35.9 Å². The Hall–Kier alpha value is -8.80. The quantitative estimate of drug-likeness (QED) is 0.107. The van der Waals surface area contributed by atoms with Crippen molar-refractivity contribution in [3.05, 3.63) is 247 Å². The van der Waals surface area contributed by atoms with Gasteiger partial charge in [-0.05, 0) is 161 Å². The molecule has 0 bridgehead atoms. The molecule has 0 aliphatic carbocycles. The van der Waals surface area contributed by atoms with Gasteiger partial charge in [-0.2, -0.15) is 0 Å². The van der Waals surface area contributed by atoms with E-state index in [9.17, 15) is 9.60 Å². The molecule has 0 saturated carbocycles. The van der Waals surface area contributed by atoms with Gasteiger partial charge in [0.1, 0.15) is 17.3 Å². The van der Waals surface area contributed by atoms with Crippen molar-refractivity contribution in [3.8, 4) is 73.2 Å². The molecule has 0 fully saturated rings. The maximum Gasteiger partial charge on any atom is 0.269 e. The second kappa shape index (κ2) is 20.1. The Kier molecular flexibility index (Phi) is 9.80. The van der Waals surface area contributed by atoms with Crippen LogP contribution in [0.15, 0.2) is 218 Å². The minimum Gasteiger partial charge on any atom is -0.458 e. The first-order valence-electron chi connectivity index (χ1n) is 34.0. The number of fused-ring (bicyclic) bond motifs is 4. The van der Waals surface area contributed by atoms with Gasteiger partial charge >= 0.3 is 0 Å². The van der Waals surface area contributed by atoms with Gasteiger partial charge in [-0.25, -0.2) is 4.98 Å². The molecule has 0 radical (unpaired) electrons. The fraction of sp³-hybridized carbons (Fsp3) is 0.211. The molecule has 5 nitrogen and oxygen atoms in total. The molecular weight excluding hydrogens is 985 g/mol. The Morgan fingerprint density at radius 3 is 1.73 bits per heavy atom. The molecule has 5 heteroatoms. The highest BCUT2D eigenvalue weighted by atomic mass is 16.5. The number of hydrogen-bond acceptors (Lipinski definition) is 2. The van der Waals surface area contributed by atoms with Crippen molar-refractivity contribution in [1.29, 1.82) is 0 Å². The zero-order valence-corrected chi connectivity index (χ0v) is 48.0. The Morgan fingerprint density at radius 2 is 1.07 bits per heavy atom. The van der Waals surface area contributed by atoms with E-state index in [1.807, 2.05) is 124 Å². The van der Waals surface area contributed by atoms with Gasteiger partial charge in [-0.15, -0.1) is 0 Å². The van der Waals surface area contributed by atoms with E-state index < -0.39 is 112 Å². The normalized spacial score (nSPS) is 14.7. The number of hydrogen-bond donors (Lipinski definition) is 0. The summed E-state index contributed by atoms with van der Waals surface area (Å²) in [5, 5.41) is 2.11. The fourth-order valence-corrected chi connectivity index (χ4v) is 10.6. The third-order valence-electron chi connectivity index (χ3n) is 15.1. The highest BCUT2D eigenvalue weighted by Gasteiger charge is 2.29. The van der Waals surface area contributed by atoms with Crippen molar-refractivity contribution in [2.75, 3.05) is 0 Å². The molecule has 9 aromatic carbocycles. The molecule has 3 aromatic heterocycles. The fourth-order valence-electron chi connectivity index (χ4n) is 10.6. The summed E-state index contributed by atoms with van der Waals surface area (Å²) in [6.45, 7) is 25.3. The van der Waals surface area contributed by atoms with Crippen LogP contribution in [0.1, 0.15) is 123 Å². The van der Waals surface area contributed by atoms with Crippen molar-refractivity contribution in [2.24, 2.45) is 0 Å². The molecule has 0 aliphatic rings. The zero-order chi connectivity index (χ0) is 67.9. The van der Waals surface area contributed by atoms with Crippen LogP contribution in [0.25, 0.3) is 94.5 Å². The summed E-state index contributed by atoms with van der Waals surface area (Å²) in [6, 6.07) is 35.6. The van der Waals surface area contributed by atoms with Gasteiger partial charge in [0.05, 0.1) is 51.3 Å². The average molecular weight is 1070 g/mol. The number of imidazole rings is 1. The maximum atomic E-state index is 10.4. The summed E-state index contributed by atoms with van der Waals surface area (Å²) in [5.74, 6) is 1.88.